The van der Waals surface area contributed by atoms with Crippen LogP contribution in [0.1, 0.15) is 406 Å². The molecule has 79 heavy (non-hydrogen) atoms. The molecule has 0 saturated carbocycles. The van der Waals surface area contributed by atoms with E-state index in [1.54, 1.807) is 6.08 Å². The molecule has 0 saturated heterocycles. The SMILES string of the molecule is CCCCCCCCCCCCC/C=C/C(O)C(CO)NC(=O)CCCCCCCCCCCCCCCCCC/C=C\CCCCCCCCCCCCCCOC(=O)CCCCCCCCCCCCCCCCCCC. The molecular formula is C73H141NO5. The van der Waals surface area contributed by atoms with E-state index in [0.29, 0.717) is 19.4 Å². The number of carbonyl (C=O) groups is 2. The molecule has 0 rings (SSSR count). The molecule has 1 amide bonds. The number of carbonyl (C=O) groups excluding carboxylic acids is 2. The average Bonchev–Trinajstić information content (AvgIpc) is 3.45. The van der Waals surface area contributed by atoms with Gasteiger partial charge in [0.15, 0.2) is 0 Å². The highest BCUT2D eigenvalue weighted by molar-refractivity contribution is 5.76. The number of nitrogens with one attached hydrogen (secondary N) is 1. The molecule has 0 bridgehead atoms. The lowest BCUT2D eigenvalue weighted by Gasteiger charge is -2.20. The monoisotopic (exact) mass is 1110 g/mol. The van der Waals surface area contributed by atoms with Crippen molar-refractivity contribution in [1.29, 1.82) is 0 Å². The third-order valence-corrected chi connectivity index (χ3v) is 17.0. The third kappa shape index (κ3) is 65.4. The van der Waals surface area contributed by atoms with Gasteiger partial charge in [-0.15, -0.1) is 0 Å². The summed E-state index contributed by atoms with van der Waals surface area (Å²) in [5, 5.41) is 23.1. The van der Waals surface area contributed by atoms with Gasteiger partial charge in [0.1, 0.15) is 0 Å². The number of aliphatic hydroxyl groups excluding tert-OH is 2. The minimum Gasteiger partial charge on any atom is -0.466 e. The van der Waals surface area contributed by atoms with Crippen molar-refractivity contribution in [3.8, 4) is 0 Å². The number of rotatable bonds is 68. The summed E-state index contributed by atoms with van der Waals surface area (Å²) < 4.78 is 5.51. The van der Waals surface area contributed by atoms with Gasteiger partial charge in [0.25, 0.3) is 0 Å². The van der Waals surface area contributed by atoms with Crippen molar-refractivity contribution in [2.24, 2.45) is 0 Å². The van der Waals surface area contributed by atoms with E-state index in [1.165, 1.54) is 340 Å². The van der Waals surface area contributed by atoms with E-state index in [2.05, 4.69) is 31.3 Å². The van der Waals surface area contributed by atoms with Crippen molar-refractivity contribution in [2.45, 2.75) is 418 Å². The molecule has 0 spiro atoms. The van der Waals surface area contributed by atoms with Crippen LogP contribution in [0.5, 0.6) is 0 Å². The Hall–Kier alpha value is -1.66. The van der Waals surface area contributed by atoms with Gasteiger partial charge >= 0.3 is 5.97 Å². The predicted octanol–water partition coefficient (Wildman–Crippen LogP) is 23.3. The van der Waals surface area contributed by atoms with E-state index >= 15 is 0 Å². The van der Waals surface area contributed by atoms with Crippen molar-refractivity contribution in [2.75, 3.05) is 13.2 Å². The second-order valence-corrected chi connectivity index (χ2v) is 24.9. The molecule has 0 aromatic carbocycles. The van der Waals surface area contributed by atoms with Crippen LogP contribution < -0.4 is 5.32 Å². The first-order chi connectivity index (χ1) is 39.0. The normalized spacial score (nSPS) is 12.6. The van der Waals surface area contributed by atoms with E-state index in [-0.39, 0.29) is 18.5 Å². The molecule has 468 valence electrons. The van der Waals surface area contributed by atoms with Crippen LogP contribution >= 0.6 is 0 Å². The van der Waals surface area contributed by atoms with Crippen molar-refractivity contribution in [3.63, 3.8) is 0 Å². The fraction of sp³-hybridized carbons (Fsp3) is 0.918. The number of amides is 1. The zero-order chi connectivity index (χ0) is 57.1. The van der Waals surface area contributed by atoms with E-state index in [4.69, 9.17) is 4.74 Å². The molecule has 0 aliphatic carbocycles. The smallest absolute Gasteiger partial charge is 0.305 e. The van der Waals surface area contributed by atoms with E-state index in [9.17, 15) is 19.8 Å². The van der Waals surface area contributed by atoms with Crippen LogP contribution in [0.25, 0.3) is 0 Å². The summed E-state index contributed by atoms with van der Waals surface area (Å²) in [7, 11) is 0. The lowest BCUT2D eigenvalue weighted by atomic mass is 10.0. The highest BCUT2D eigenvalue weighted by atomic mass is 16.5. The molecule has 0 radical (unpaired) electrons. The van der Waals surface area contributed by atoms with Gasteiger partial charge in [-0.1, -0.05) is 359 Å². The number of aliphatic hydroxyl groups is 2. The van der Waals surface area contributed by atoms with Gasteiger partial charge in [-0.3, -0.25) is 9.59 Å². The largest absolute Gasteiger partial charge is 0.466 e. The lowest BCUT2D eigenvalue weighted by molar-refractivity contribution is -0.143. The zero-order valence-corrected chi connectivity index (χ0v) is 53.6. The van der Waals surface area contributed by atoms with Gasteiger partial charge in [-0.2, -0.15) is 0 Å². The van der Waals surface area contributed by atoms with Crippen molar-refractivity contribution >= 4 is 11.9 Å². The summed E-state index contributed by atoms with van der Waals surface area (Å²) in [5.41, 5.74) is 0. The quantitative estimate of drug-likeness (QED) is 0.0320. The Balaban J connectivity index is 3.34. The second kappa shape index (κ2) is 68.8. The Morgan fingerprint density at radius 2 is 0.595 bits per heavy atom. The second-order valence-electron chi connectivity index (χ2n) is 24.9. The predicted molar refractivity (Wildman–Crippen MR) is 347 cm³/mol. The number of allylic oxidation sites excluding steroid dienone is 3. The van der Waals surface area contributed by atoms with Crippen molar-refractivity contribution in [1.82, 2.24) is 5.32 Å². The van der Waals surface area contributed by atoms with Crippen LogP contribution in [0.4, 0.5) is 0 Å². The Labute approximate surface area is 494 Å². The molecule has 0 aromatic heterocycles. The first kappa shape index (κ1) is 77.3. The molecule has 2 atom stereocenters. The third-order valence-electron chi connectivity index (χ3n) is 17.0. The minimum absolute atomic E-state index is 0.0226. The summed E-state index contributed by atoms with van der Waals surface area (Å²) in [6, 6.07) is -0.625. The van der Waals surface area contributed by atoms with Crippen molar-refractivity contribution in [3.05, 3.63) is 24.3 Å². The van der Waals surface area contributed by atoms with Crippen LogP contribution in [-0.4, -0.2) is 47.4 Å². The summed E-state index contributed by atoms with van der Waals surface area (Å²) >= 11 is 0. The van der Waals surface area contributed by atoms with Crippen LogP contribution in [0, 0.1) is 0 Å². The molecule has 0 aliphatic rings. The highest BCUT2D eigenvalue weighted by Gasteiger charge is 2.18. The van der Waals surface area contributed by atoms with Crippen LogP contribution in [0.3, 0.4) is 0 Å². The van der Waals surface area contributed by atoms with Gasteiger partial charge in [-0.05, 0) is 57.8 Å². The lowest BCUT2D eigenvalue weighted by Crippen LogP contribution is -2.45. The molecule has 6 heteroatoms. The summed E-state index contributed by atoms with van der Waals surface area (Å²) in [4.78, 5) is 24.6. The molecule has 0 fully saturated rings. The fourth-order valence-corrected chi connectivity index (χ4v) is 11.5. The van der Waals surface area contributed by atoms with Gasteiger partial charge < -0.3 is 20.3 Å². The molecule has 0 aromatic rings. The number of hydrogen-bond acceptors (Lipinski definition) is 5. The number of ether oxygens (including phenoxy) is 1. The summed E-state index contributed by atoms with van der Waals surface area (Å²) in [6.07, 6.45) is 87.0. The maximum Gasteiger partial charge on any atom is 0.305 e. The first-order valence-corrected chi connectivity index (χ1v) is 36.1. The van der Waals surface area contributed by atoms with Gasteiger partial charge in [0.05, 0.1) is 25.4 Å². The van der Waals surface area contributed by atoms with Gasteiger partial charge in [0, 0.05) is 12.8 Å². The molecule has 0 heterocycles. The Kier molecular flexibility index (Phi) is 67.4. The summed E-state index contributed by atoms with van der Waals surface area (Å²) in [5.74, 6) is -0.0411. The molecular weight excluding hydrogens is 971 g/mol. The maximum absolute atomic E-state index is 12.5. The number of hydrogen-bond donors (Lipinski definition) is 3. The van der Waals surface area contributed by atoms with Crippen molar-refractivity contribution < 1.29 is 24.5 Å². The Bertz CT molecular complexity index is 1230. The zero-order valence-electron chi connectivity index (χ0n) is 53.6. The van der Waals surface area contributed by atoms with E-state index < -0.39 is 12.1 Å². The van der Waals surface area contributed by atoms with Gasteiger partial charge in [-0.25, -0.2) is 0 Å². The Morgan fingerprint density at radius 3 is 0.899 bits per heavy atom. The number of esters is 1. The highest BCUT2D eigenvalue weighted by Crippen LogP contribution is 2.19. The van der Waals surface area contributed by atoms with Crippen LogP contribution in [0.15, 0.2) is 24.3 Å². The molecule has 2 unspecified atom stereocenters. The molecule has 0 aliphatic heterocycles. The van der Waals surface area contributed by atoms with E-state index in [1.807, 2.05) is 6.08 Å². The number of unbranched alkanes of at least 4 members (excludes halogenated alkanes) is 55. The Morgan fingerprint density at radius 1 is 0.342 bits per heavy atom. The van der Waals surface area contributed by atoms with Gasteiger partial charge in [0.2, 0.25) is 5.91 Å². The minimum atomic E-state index is -0.841. The fourth-order valence-electron chi connectivity index (χ4n) is 11.5. The average molecular weight is 1110 g/mol. The van der Waals surface area contributed by atoms with Crippen LogP contribution in [0.2, 0.25) is 0 Å². The van der Waals surface area contributed by atoms with Crippen LogP contribution in [-0.2, 0) is 14.3 Å². The maximum atomic E-state index is 12.5. The van der Waals surface area contributed by atoms with E-state index in [0.717, 1.165) is 38.5 Å². The summed E-state index contributed by atoms with van der Waals surface area (Å²) in [6.45, 7) is 4.94. The molecule has 3 N–H and O–H groups in total. The topological polar surface area (TPSA) is 95.9 Å². The standard InChI is InChI=1S/C73H141NO5/c1-3-5-7-9-11-13-15-17-18-35-39-43-47-51-55-59-63-67-73(78)79-68-64-60-56-52-48-44-40-37-34-32-30-28-26-24-22-20-19-21-23-25-27-29-31-33-36-38-42-46-50-54-58-62-66-72(77)74-70(69-75)71(76)65-61-57-53-49-45-41-16-14-12-10-8-6-4-2/h22,24,61,65,70-71,75-76H,3-21,23,25-60,62-64,66-69H2,1-2H3,(H,74,77)/b24-22-,65-61+. The first-order valence-electron chi connectivity index (χ1n) is 36.1. The molecule has 6 nitrogen and oxygen atoms in total.